The number of nitrogens with one attached hydrogen (secondary N) is 1. The highest BCUT2D eigenvalue weighted by Gasteiger charge is 2.28. The van der Waals surface area contributed by atoms with Gasteiger partial charge in [0.15, 0.2) is 6.61 Å². The summed E-state index contributed by atoms with van der Waals surface area (Å²) in [5, 5.41) is 3.60. The molecule has 0 spiro atoms. The van der Waals surface area contributed by atoms with E-state index in [1.807, 2.05) is 17.0 Å². The number of hydrogen-bond acceptors (Lipinski definition) is 8. The van der Waals surface area contributed by atoms with Crippen molar-refractivity contribution >= 4 is 28.6 Å². The number of carbonyl (C=O) groups excluding carboxylic acids is 3. The first-order chi connectivity index (χ1) is 30.3. The zero-order chi connectivity index (χ0) is 43.3. The molecule has 5 aromatic rings. The van der Waals surface area contributed by atoms with Crippen molar-refractivity contribution in [3.63, 3.8) is 0 Å². The highest BCUT2D eigenvalue weighted by Crippen LogP contribution is 2.37. The summed E-state index contributed by atoms with van der Waals surface area (Å²) in [7, 11) is 0. The largest absolute Gasteiger partial charge is 0.494 e. The van der Waals surface area contributed by atoms with E-state index in [2.05, 4.69) is 102 Å². The van der Waals surface area contributed by atoms with Crippen molar-refractivity contribution in [2.24, 2.45) is 0 Å². The maximum Gasteiger partial charge on any atom is 0.260 e. The minimum Gasteiger partial charge on any atom is -0.494 e. The van der Waals surface area contributed by atoms with Crippen molar-refractivity contribution in [2.45, 2.75) is 84.6 Å². The van der Waals surface area contributed by atoms with Crippen LogP contribution in [0.5, 0.6) is 23.0 Å². The van der Waals surface area contributed by atoms with Gasteiger partial charge in [0.1, 0.15) is 23.0 Å². The second-order valence-corrected chi connectivity index (χ2v) is 16.5. The van der Waals surface area contributed by atoms with Crippen LogP contribution in [0.1, 0.15) is 87.8 Å². The van der Waals surface area contributed by atoms with Crippen LogP contribution in [0.25, 0.3) is 22.2 Å². The standard InChI is InChI=1S/C51H62N4O7/c1-4-6-31-59-42-20-14-40(15-21-42)50-37(3)46-34-44(61-32-7-5-2)22-24-47(46)55(50)35-38-10-16-41(17-11-38)60-33-9-8-26-53-27-29-54(30-28-53)49(57)36-62-43-18-12-39(13-19-43)45-23-25-48(56)52-51(45)58/h10-22,24,34,45H,4-9,23,25-33,35-36H2,1-3H3,(H,52,56,58). The van der Waals surface area contributed by atoms with Crippen LogP contribution < -0.4 is 24.3 Å². The molecule has 1 aromatic heterocycles. The van der Waals surface area contributed by atoms with E-state index in [1.54, 1.807) is 12.1 Å². The van der Waals surface area contributed by atoms with Crippen molar-refractivity contribution in [3.8, 4) is 34.3 Å². The molecule has 0 saturated carbocycles. The number of nitrogens with zero attached hydrogens (tertiary/aromatic N) is 3. The number of benzene rings is 4. The van der Waals surface area contributed by atoms with Crippen LogP contribution in [0.2, 0.25) is 0 Å². The van der Waals surface area contributed by atoms with E-state index in [9.17, 15) is 14.4 Å². The van der Waals surface area contributed by atoms with Crippen molar-refractivity contribution in [1.82, 2.24) is 19.7 Å². The Balaban J connectivity index is 0.854. The summed E-state index contributed by atoms with van der Waals surface area (Å²) in [5.74, 6) is 2.38. The molecule has 4 aromatic carbocycles. The molecular weight excluding hydrogens is 781 g/mol. The summed E-state index contributed by atoms with van der Waals surface area (Å²) in [6, 6.07) is 30.7. The van der Waals surface area contributed by atoms with Gasteiger partial charge in [0, 0.05) is 50.0 Å². The lowest BCUT2D eigenvalue weighted by Gasteiger charge is -2.34. The fourth-order valence-electron chi connectivity index (χ4n) is 8.27. The number of piperazine rings is 1. The summed E-state index contributed by atoms with van der Waals surface area (Å²) in [4.78, 5) is 40.8. The van der Waals surface area contributed by atoms with Crippen LogP contribution in [-0.4, -0.2) is 91.2 Å². The Labute approximate surface area is 366 Å². The minimum absolute atomic E-state index is 0.0280. The van der Waals surface area contributed by atoms with Crippen LogP contribution in [0.3, 0.4) is 0 Å². The predicted octanol–water partition coefficient (Wildman–Crippen LogP) is 8.93. The molecule has 1 atom stereocenters. The number of aryl methyl sites for hydroxylation is 1. The quantitative estimate of drug-likeness (QED) is 0.0576. The SMILES string of the molecule is CCCCOc1ccc(-c2c(C)c3cc(OCCCC)ccc3n2Cc2ccc(OCCCCN3CCN(C(=O)COc4ccc(C5CCC(=O)NC5=O)cc4)CC3)cc2)cc1. The third-order valence-electron chi connectivity index (χ3n) is 12.0. The Morgan fingerprint density at radius 1 is 0.694 bits per heavy atom. The number of unbranched alkanes of at least 4 members (excludes halogenated alkanes) is 3. The summed E-state index contributed by atoms with van der Waals surface area (Å²) in [6.07, 6.45) is 7.08. The summed E-state index contributed by atoms with van der Waals surface area (Å²) < 4.78 is 26.5. The van der Waals surface area contributed by atoms with Gasteiger partial charge in [0.2, 0.25) is 11.8 Å². The van der Waals surface area contributed by atoms with Gasteiger partial charge in [-0.3, -0.25) is 24.6 Å². The smallest absolute Gasteiger partial charge is 0.260 e. The summed E-state index contributed by atoms with van der Waals surface area (Å²) in [6.45, 7) is 13.3. The Hall–Kier alpha value is -5.81. The fraction of sp³-hybridized carbons (Fsp3) is 0.431. The zero-order valence-corrected chi connectivity index (χ0v) is 36.7. The molecule has 0 bridgehead atoms. The lowest BCUT2D eigenvalue weighted by molar-refractivity contribution is -0.135. The first-order valence-corrected chi connectivity index (χ1v) is 22.6. The number of imide groups is 1. The number of ether oxygens (including phenoxy) is 4. The predicted molar refractivity (Wildman–Crippen MR) is 243 cm³/mol. The lowest BCUT2D eigenvalue weighted by Crippen LogP contribution is -2.50. The van der Waals surface area contributed by atoms with Crippen LogP contribution in [0, 0.1) is 6.92 Å². The monoisotopic (exact) mass is 842 g/mol. The van der Waals surface area contributed by atoms with Gasteiger partial charge in [0.05, 0.1) is 31.4 Å². The molecule has 62 heavy (non-hydrogen) atoms. The van der Waals surface area contributed by atoms with Gasteiger partial charge < -0.3 is 28.4 Å². The van der Waals surface area contributed by atoms with Crippen LogP contribution in [0.15, 0.2) is 91.0 Å². The topological polar surface area (TPSA) is 112 Å². The molecule has 7 rings (SSSR count). The number of carbonyl (C=O) groups is 3. The van der Waals surface area contributed by atoms with E-state index in [4.69, 9.17) is 18.9 Å². The molecule has 11 heteroatoms. The molecule has 3 amide bonds. The normalized spacial score (nSPS) is 15.7. The fourth-order valence-corrected chi connectivity index (χ4v) is 8.27. The van der Waals surface area contributed by atoms with Crippen LogP contribution in [-0.2, 0) is 20.9 Å². The van der Waals surface area contributed by atoms with Gasteiger partial charge >= 0.3 is 0 Å². The molecule has 2 aliphatic rings. The highest BCUT2D eigenvalue weighted by atomic mass is 16.5. The minimum atomic E-state index is -0.343. The van der Waals surface area contributed by atoms with E-state index in [-0.39, 0.29) is 30.2 Å². The highest BCUT2D eigenvalue weighted by molar-refractivity contribution is 6.01. The first-order valence-electron chi connectivity index (χ1n) is 22.6. The average molecular weight is 843 g/mol. The van der Waals surface area contributed by atoms with Crippen molar-refractivity contribution in [2.75, 3.05) is 59.2 Å². The van der Waals surface area contributed by atoms with E-state index in [0.29, 0.717) is 38.3 Å². The molecule has 3 heterocycles. The number of fused-ring (bicyclic) bond motifs is 1. The van der Waals surface area contributed by atoms with Crippen molar-refractivity contribution in [3.05, 3.63) is 108 Å². The molecule has 0 radical (unpaired) electrons. The summed E-state index contributed by atoms with van der Waals surface area (Å²) in [5.41, 5.74) is 6.80. The second kappa shape index (κ2) is 21.8. The van der Waals surface area contributed by atoms with Gasteiger partial charge in [-0.1, -0.05) is 51.0 Å². The van der Waals surface area contributed by atoms with Gasteiger partial charge in [-0.2, -0.15) is 0 Å². The average Bonchev–Trinajstić information content (AvgIpc) is 3.56. The van der Waals surface area contributed by atoms with Crippen LogP contribution >= 0.6 is 0 Å². The molecular formula is C51H62N4O7. The number of rotatable bonds is 21. The Morgan fingerprint density at radius 2 is 1.29 bits per heavy atom. The number of amides is 3. The maximum atomic E-state index is 12.9. The molecule has 1 N–H and O–H groups in total. The van der Waals surface area contributed by atoms with Gasteiger partial charge in [0.25, 0.3) is 5.91 Å². The number of hydrogen-bond donors (Lipinski definition) is 1. The van der Waals surface area contributed by atoms with Gasteiger partial charge in [-0.05, 0) is 135 Å². The number of piperidine rings is 1. The lowest BCUT2D eigenvalue weighted by atomic mass is 9.90. The zero-order valence-electron chi connectivity index (χ0n) is 36.7. The summed E-state index contributed by atoms with van der Waals surface area (Å²) >= 11 is 0. The first kappa shape index (κ1) is 44.3. The Bertz CT molecular complexity index is 2240. The molecule has 0 aliphatic carbocycles. The molecule has 328 valence electrons. The maximum absolute atomic E-state index is 12.9. The second-order valence-electron chi connectivity index (χ2n) is 16.5. The van der Waals surface area contributed by atoms with Gasteiger partial charge in [-0.15, -0.1) is 0 Å². The molecule has 2 aliphatic heterocycles. The Morgan fingerprint density at radius 3 is 1.95 bits per heavy atom. The van der Waals surface area contributed by atoms with Crippen molar-refractivity contribution < 1.29 is 33.3 Å². The molecule has 2 saturated heterocycles. The van der Waals surface area contributed by atoms with Gasteiger partial charge in [-0.25, -0.2) is 0 Å². The van der Waals surface area contributed by atoms with Crippen molar-refractivity contribution in [1.29, 1.82) is 0 Å². The molecule has 2 fully saturated rings. The van der Waals surface area contributed by atoms with E-state index < -0.39 is 0 Å². The van der Waals surface area contributed by atoms with E-state index in [1.165, 1.54) is 27.7 Å². The third-order valence-corrected chi connectivity index (χ3v) is 12.0. The van der Waals surface area contributed by atoms with Crippen LogP contribution in [0.4, 0.5) is 0 Å². The third kappa shape index (κ3) is 11.6. The molecule has 1 unspecified atom stereocenters. The Kier molecular flexibility index (Phi) is 15.6. The molecule has 11 nitrogen and oxygen atoms in total. The van der Waals surface area contributed by atoms with E-state index in [0.717, 1.165) is 106 Å². The number of aromatic nitrogens is 1. The van der Waals surface area contributed by atoms with E-state index >= 15 is 0 Å².